The number of hydrogen-bond donors (Lipinski definition) is 0. The Balaban J connectivity index is 1.43. The molecule has 1 aliphatic carbocycles. The fraction of sp³-hybridized carbons (Fsp3) is 0.545. The highest BCUT2D eigenvalue weighted by molar-refractivity contribution is 7.11. The number of benzene rings is 1. The Morgan fingerprint density at radius 3 is 2.32 bits per heavy atom. The number of thiazole rings is 1. The van der Waals surface area contributed by atoms with E-state index in [-0.39, 0.29) is 5.41 Å². The zero-order valence-electron chi connectivity index (χ0n) is 16.7. The van der Waals surface area contributed by atoms with Crippen LogP contribution in [0.3, 0.4) is 0 Å². The number of nitrogens with zero attached hydrogens (tertiary/aromatic N) is 3. The molecule has 0 atom stereocenters. The first-order valence-corrected chi connectivity index (χ1v) is 11.4. The zero-order chi connectivity index (χ0) is 19.7. The molecule has 2 fully saturated rings. The van der Waals surface area contributed by atoms with Crippen LogP contribution < -0.4 is 0 Å². The van der Waals surface area contributed by atoms with E-state index in [9.17, 15) is 4.79 Å². The zero-order valence-corrected chi connectivity index (χ0v) is 18.3. The van der Waals surface area contributed by atoms with Crippen LogP contribution in [0, 0.1) is 13.8 Å². The number of rotatable bonds is 4. The summed E-state index contributed by atoms with van der Waals surface area (Å²) in [5.41, 5.74) is 1.92. The summed E-state index contributed by atoms with van der Waals surface area (Å²) in [4.78, 5) is 24.1. The maximum atomic E-state index is 13.6. The quantitative estimate of drug-likeness (QED) is 0.731. The molecule has 150 valence electrons. The van der Waals surface area contributed by atoms with E-state index >= 15 is 0 Å². The van der Waals surface area contributed by atoms with Gasteiger partial charge in [0.2, 0.25) is 5.91 Å². The summed E-state index contributed by atoms with van der Waals surface area (Å²) in [5.74, 6) is 0.313. The molecule has 2 aliphatic rings. The summed E-state index contributed by atoms with van der Waals surface area (Å²) in [7, 11) is 0. The summed E-state index contributed by atoms with van der Waals surface area (Å²) in [6, 6.07) is 7.93. The molecule has 4 rings (SSSR count). The molecule has 0 unspecified atom stereocenters. The van der Waals surface area contributed by atoms with Gasteiger partial charge in [0.1, 0.15) is 5.01 Å². The van der Waals surface area contributed by atoms with Crippen molar-refractivity contribution in [3.05, 3.63) is 50.4 Å². The highest BCUT2D eigenvalue weighted by Gasteiger charge is 2.45. The molecular formula is C22H28ClN3OS. The van der Waals surface area contributed by atoms with Crippen molar-refractivity contribution in [2.24, 2.45) is 0 Å². The van der Waals surface area contributed by atoms with Crippen molar-refractivity contribution >= 4 is 28.8 Å². The van der Waals surface area contributed by atoms with Gasteiger partial charge in [-0.3, -0.25) is 9.69 Å². The van der Waals surface area contributed by atoms with Crippen molar-refractivity contribution in [1.82, 2.24) is 14.8 Å². The Morgan fingerprint density at radius 1 is 1.11 bits per heavy atom. The minimum atomic E-state index is -0.351. The fourth-order valence-corrected chi connectivity index (χ4v) is 5.69. The molecule has 28 heavy (non-hydrogen) atoms. The highest BCUT2D eigenvalue weighted by Crippen LogP contribution is 2.43. The van der Waals surface area contributed by atoms with Crippen LogP contribution >= 0.6 is 22.9 Å². The van der Waals surface area contributed by atoms with Crippen molar-refractivity contribution in [3.63, 3.8) is 0 Å². The van der Waals surface area contributed by atoms with E-state index in [1.807, 2.05) is 12.1 Å². The van der Waals surface area contributed by atoms with Gasteiger partial charge >= 0.3 is 0 Å². The maximum Gasteiger partial charge on any atom is 0.233 e. The van der Waals surface area contributed by atoms with Crippen LogP contribution in [0.4, 0.5) is 0 Å². The van der Waals surface area contributed by atoms with Crippen LogP contribution in [0.15, 0.2) is 24.3 Å². The van der Waals surface area contributed by atoms with Crippen molar-refractivity contribution in [2.45, 2.75) is 51.5 Å². The average molecular weight is 418 g/mol. The lowest BCUT2D eigenvalue weighted by atomic mass is 9.77. The lowest BCUT2D eigenvalue weighted by Gasteiger charge is -2.40. The molecular weight excluding hydrogens is 390 g/mol. The lowest BCUT2D eigenvalue weighted by Crippen LogP contribution is -2.53. The third-order valence-electron chi connectivity index (χ3n) is 6.35. The molecule has 6 heteroatoms. The predicted molar refractivity (Wildman–Crippen MR) is 115 cm³/mol. The molecule has 1 saturated carbocycles. The number of aryl methyl sites for hydroxylation is 2. The van der Waals surface area contributed by atoms with E-state index in [1.165, 1.54) is 9.88 Å². The second-order valence-corrected chi connectivity index (χ2v) is 9.84. The molecule has 1 aromatic heterocycles. The number of carbonyl (C=O) groups is 1. The van der Waals surface area contributed by atoms with Crippen LogP contribution in [0.1, 0.15) is 46.8 Å². The van der Waals surface area contributed by atoms with Crippen molar-refractivity contribution < 1.29 is 4.79 Å². The van der Waals surface area contributed by atoms with E-state index in [4.69, 9.17) is 11.6 Å². The molecule has 1 aromatic carbocycles. The van der Waals surface area contributed by atoms with Gasteiger partial charge in [-0.25, -0.2) is 4.98 Å². The summed E-state index contributed by atoms with van der Waals surface area (Å²) in [5, 5.41) is 1.91. The van der Waals surface area contributed by atoms with Gasteiger partial charge < -0.3 is 4.90 Å². The second kappa shape index (κ2) is 8.13. The Labute approximate surface area is 176 Å². The number of halogens is 1. The summed E-state index contributed by atoms with van der Waals surface area (Å²) < 4.78 is 0. The third-order valence-corrected chi connectivity index (χ3v) is 7.66. The van der Waals surface area contributed by atoms with E-state index in [2.05, 4.69) is 40.8 Å². The molecule has 0 bridgehead atoms. The molecule has 1 amide bonds. The minimum absolute atomic E-state index is 0.313. The molecule has 2 aromatic rings. The minimum Gasteiger partial charge on any atom is -0.339 e. The lowest BCUT2D eigenvalue weighted by molar-refractivity contribution is -0.139. The first-order chi connectivity index (χ1) is 13.5. The van der Waals surface area contributed by atoms with Crippen LogP contribution in [-0.2, 0) is 16.8 Å². The first-order valence-electron chi connectivity index (χ1n) is 10.2. The number of carbonyl (C=O) groups excluding carboxylic acids is 1. The van der Waals surface area contributed by atoms with Gasteiger partial charge in [0.05, 0.1) is 17.7 Å². The van der Waals surface area contributed by atoms with Crippen LogP contribution in [0.2, 0.25) is 5.02 Å². The number of hydrogen-bond acceptors (Lipinski definition) is 4. The maximum absolute atomic E-state index is 13.6. The van der Waals surface area contributed by atoms with Crippen LogP contribution in [0.5, 0.6) is 0 Å². The molecule has 2 heterocycles. The third kappa shape index (κ3) is 3.85. The predicted octanol–water partition coefficient (Wildman–Crippen LogP) is 4.57. The number of piperazine rings is 1. The molecule has 0 radical (unpaired) electrons. The van der Waals surface area contributed by atoms with Crippen molar-refractivity contribution in [3.8, 4) is 0 Å². The van der Waals surface area contributed by atoms with Gasteiger partial charge in [-0.1, -0.05) is 36.6 Å². The fourth-order valence-electron chi connectivity index (χ4n) is 4.58. The highest BCUT2D eigenvalue weighted by atomic mass is 35.5. The van der Waals surface area contributed by atoms with E-state index in [0.29, 0.717) is 5.91 Å². The number of aromatic nitrogens is 1. The van der Waals surface area contributed by atoms with Gasteiger partial charge in [0.25, 0.3) is 0 Å². The first kappa shape index (κ1) is 19.9. The Hall–Kier alpha value is -1.43. The smallest absolute Gasteiger partial charge is 0.233 e. The van der Waals surface area contributed by atoms with Gasteiger partial charge in [0, 0.05) is 36.1 Å². The SMILES string of the molecule is Cc1nc(CN2CCN(C(=O)C3(c4ccc(Cl)cc4)CCCC3)CC2)sc1C. The Kier molecular flexibility index (Phi) is 5.77. The molecule has 1 aliphatic heterocycles. The normalized spacial score (nSPS) is 19.9. The monoisotopic (exact) mass is 417 g/mol. The summed E-state index contributed by atoms with van der Waals surface area (Å²) >= 11 is 7.87. The summed E-state index contributed by atoms with van der Waals surface area (Å²) in [6.45, 7) is 8.54. The van der Waals surface area contributed by atoms with E-state index in [0.717, 1.165) is 74.7 Å². The standard InChI is InChI=1S/C22H28ClN3OS/c1-16-17(2)28-20(24-16)15-25-11-13-26(14-12-25)21(27)22(9-3-4-10-22)18-5-7-19(23)8-6-18/h5-8H,3-4,9-15H2,1-2H3. The van der Waals surface area contributed by atoms with Crippen LogP contribution in [0.25, 0.3) is 0 Å². The largest absolute Gasteiger partial charge is 0.339 e. The Bertz CT molecular complexity index is 814. The van der Waals surface area contributed by atoms with E-state index < -0.39 is 0 Å². The topological polar surface area (TPSA) is 36.4 Å². The van der Waals surface area contributed by atoms with Gasteiger partial charge in [-0.2, -0.15) is 0 Å². The number of amides is 1. The van der Waals surface area contributed by atoms with Gasteiger partial charge in [-0.15, -0.1) is 11.3 Å². The average Bonchev–Trinajstić information content (AvgIpc) is 3.30. The van der Waals surface area contributed by atoms with Crippen LogP contribution in [-0.4, -0.2) is 46.9 Å². The molecule has 1 saturated heterocycles. The molecule has 0 N–H and O–H groups in total. The van der Waals surface area contributed by atoms with Gasteiger partial charge in [-0.05, 0) is 44.4 Å². The van der Waals surface area contributed by atoms with Crippen molar-refractivity contribution in [2.75, 3.05) is 26.2 Å². The van der Waals surface area contributed by atoms with Gasteiger partial charge in [0.15, 0.2) is 0 Å². The van der Waals surface area contributed by atoms with Crippen molar-refractivity contribution in [1.29, 1.82) is 0 Å². The Morgan fingerprint density at radius 2 is 1.75 bits per heavy atom. The molecule has 0 spiro atoms. The van der Waals surface area contributed by atoms with E-state index in [1.54, 1.807) is 11.3 Å². The molecule has 4 nitrogen and oxygen atoms in total. The summed E-state index contributed by atoms with van der Waals surface area (Å²) in [6.07, 6.45) is 4.14. The second-order valence-electron chi connectivity index (χ2n) is 8.11.